The Labute approximate surface area is 405 Å². The molecule has 6 nitrogen and oxygen atoms in total. The summed E-state index contributed by atoms with van der Waals surface area (Å²) in [5, 5.41) is 0. The topological polar surface area (TPSA) is 78.9 Å². The molecule has 1 atom stereocenters. The first-order valence-corrected chi connectivity index (χ1v) is 26.2. The predicted octanol–water partition coefficient (Wildman–Crippen LogP) is 17.5. The summed E-state index contributed by atoms with van der Waals surface area (Å²) in [5.41, 5.74) is 0. The first kappa shape index (κ1) is 61.5. The van der Waals surface area contributed by atoms with E-state index in [1.807, 2.05) is 36.5 Å². The second-order valence-corrected chi connectivity index (χ2v) is 16.7. The summed E-state index contributed by atoms with van der Waals surface area (Å²) in [6.45, 7) is 6.20. The predicted molar refractivity (Wildman–Crippen MR) is 283 cm³/mol. The molecule has 0 fully saturated rings. The van der Waals surface area contributed by atoms with Crippen molar-refractivity contribution in [1.29, 1.82) is 0 Å². The minimum absolute atomic E-state index is 0.109. The third-order valence-electron chi connectivity index (χ3n) is 10.5. The van der Waals surface area contributed by atoms with Crippen molar-refractivity contribution in [1.82, 2.24) is 0 Å². The van der Waals surface area contributed by atoms with Crippen molar-refractivity contribution in [3.8, 4) is 0 Å². The fraction of sp³-hybridized carbons (Fsp3) is 0.583. The quantitative estimate of drug-likeness (QED) is 0.0199. The third-order valence-corrected chi connectivity index (χ3v) is 10.5. The van der Waals surface area contributed by atoms with Gasteiger partial charge >= 0.3 is 17.9 Å². The minimum atomic E-state index is -0.812. The lowest BCUT2D eigenvalue weighted by Crippen LogP contribution is -2.30. The van der Waals surface area contributed by atoms with E-state index < -0.39 is 6.10 Å². The Balaban J connectivity index is 4.50. The molecule has 1 unspecified atom stereocenters. The summed E-state index contributed by atoms with van der Waals surface area (Å²) in [5.74, 6) is -0.984. The normalized spacial score (nSPS) is 13.2. The van der Waals surface area contributed by atoms with Crippen LogP contribution in [0.15, 0.2) is 134 Å². The maximum absolute atomic E-state index is 12.8. The van der Waals surface area contributed by atoms with Crippen LogP contribution in [-0.2, 0) is 28.6 Å². The van der Waals surface area contributed by atoms with Crippen LogP contribution < -0.4 is 0 Å². The van der Waals surface area contributed by atoms with E-state index in [1.165, 1.54) is 25.7 Å². The molecule has 0 spiro atoms. The highest BCUT2D eigenvalue weighted by Crippen LogP contribution is 2.13. The van der Waals surface area contributed by atoms with E-state index >= 15 is 0 Å². The number of carbonyl (C=O) groups is 3. The van der Waals surface area contributed by atoms with E-state index in [9.17, 15) is 14.4 Å². The number of esters is 3. The van der Waals surface area contributed by atoms with Crippen molar-refractivity contribution in [3.63, 3.8) is 0 Å². The van der Waals surface area contributed by atoms with Gasteiger partial charge in [-0.1, -0.05) is 212 Å². The van der Waals surface area contributed by atoms with Crippen LogP contribution in [0.5, 0.6) is 0 Å². The number of ether oxygens (including phenoxy) is 3. The Bertz CT molecular complexity index is 1460. The maximum atomic E-state index is 12.8. The van der Waals surface area contributed by atoms with Crippen molar-refractivity contribution in [2.24, 2.45) is 0 Å². The van der Waals surface area contributed by atoms with Crippen LogP contribution in [0.4, 0.5) is 0 Å². The Hall–Kier alpha value is -4.45. The van der Waals surface area contributed by atoms with Gasteiger partial charge in [-0.05, 0) is 109 Å². The fourth-order valence-corrected chi connectivity index (χ4v) is 6.63. The van der Waals surface area contributed by atoms with Crippen LogP contribution in [0.3, 0.4) is 0 Å². The summed E-state index contributed by atoms with van der Waals surface area (Å²) in [4.78, 5) is 38.0. The Morgan fingerprint density at radius 2 is 0.621 bits per heavy atom. The molecule has 66 heavy (non-hydrogen) atoms. The highest BCUT2D eigenvalue weighted by molar-refractivity contribution is 5.71. The molecular formula is C60H94O6. The van der Waals surface area contributed by atoms with Crippen LogP contribution in [0.1, 0.15) is 207 Å². The van der Waals surface area contributed by atoms with E-state index in [1.54, 1.807) is 0 Å². The number of hydrogen-bond donors (Lipinski definition) is 0. The highest BCUT2D eigenvalue weighted by Gasteiger charge is 2.19. The monoisotopic (exact) mass is 911 g/mol. The minimum Gasteiger partial charge on any atom is -0.462 e. The SMILES string of the molecule is CC\C=C/C=C\C=C/C=C\CCCCCC(=O)OCC(COC(=O)CCCCCCCC/C=C\C/C=C\C/C=C\C/C=C\CC)OC(=O)CCCCCCCC/C=C\C/C=C\C/C=C\CC. The lowest BCUT2D eigenvalue weighted by molar-refractivity contribution is -0.167. The largest absolute Gasteiger partial charge is 0.462 e. The number of unbranched alkanes of at least 4 members (excludes halogenated alkanes) is 15. The van der Waals surface area contributed by atoms with Gasteiger partial charge in [-0.3, -0.25) is 14.4 Å². The lowest BCUT2D eigenvalue weighted by Gasteiger charge is -2.18. The van der Waals surface area contributed by atoms with Gasteiger partial charge in [-0.15, -0.1) is 0 Å². The molecule has 6 heteroatoms. The lowest BCUT2D eigenvalue weighted by atomic mass is 10.1. The molecule has 370 valence electrons. The summed E-state index contributed by atoms with van der Waals surface area (Å²) in [6.07, 6.45) is 74.3. The van der Waals surface area contributed by atoms with E-state index in [2.05, 4.69) is 118 Å². The zero-order chi connectivity index (χ0) is 47.9. The molecule has 0 aliphatic heterocycles. The van der Waals surface area contributed by atoms with Crippen molar-refractivity contribution < 1.29 is 28.6 Å². The van der Waals surface area contributed by atoms with Gasteiger partial charge in [0.15, 0.2) is 6.10 Å². The first-order chi connectivity index (χ1) is 32.5. The molecule has 0 bridgehead atoms. The van der Waals surface area contributed by atoms with Crippen molar-refractivity contribution in [2.75, 3.05) is 13.2 Å². The van der Waals surface area contributed by atoms with Crippen molar-refractivity contribution in [3.05, 3.63) is 134 Å². The molecule has 0 saturated heterocycles. The van der Waals surface area contributed by atoms with Gasteiger partial charge in [0, 0.05) is 19.3 Å². The van der Waals surface area contributed by atoms with Crippen LogP contribution >= 0.6 is 0 Å². The van der Waals surface area contributed by atoms with Gasteiger partial charge < -0.3 is 14.2 Å². The molecule has 0 radical (unpaired) electrons. The van der Waals surface area contributed by atoms with Crippen molar-refractivity contribution >= 4 is 17.9 Å². The van der Waals surface area contributed by atoms with Gasteiger partial charge in [-0.25, -0.2) is 0 Å². The fourth-order valence-electron chi connectivity index (χ4n) is 6.63. The number of hydrogen-bond acceptors (Lipinski definition) is 6. The molecule has 0 rings (SSSR count). The zero-order valence-electron chi connectivity index (χ0n) is 42.1. The molecule has 0 aromatic heterocycles. The molecule has 0 amide bonds. The van der Waals surface area contributed by atoms with E-state index in [-0.39, 0.29) is 31.1 Å². The summed E-state index contributed by atoms with van der Waals surface area (Å²) in [6, 6.07) is 0. The van der Waals surface area contributed by atoms with Gasteiger partial charge in [0.05, 0.1) is 0 Å². The standard InChI is InChI=1S/C60H94O6/c1-4-7-10-13-16-19-22-25-27-29-30-31-33-35-38-41-44-47-50-53-59(62)65-56-57(55-64-58(61)52-49-46-43-40-37-34-24-21-18-15-12-9-6-3)66-60(63)54-51-48-45-42-39-36-32-28-26-23-20-17-14-11-8-5-2/h7-12,15-21,24-28,30-31,34,37,57H,4-6,13-14,22-23,29,32-33,35-36,38-56H2,1-3H3/b10-7-,11-8-,12-9-,18-15-,19-16-,20-17-,24-21-,27-25-,28-26-,31-30-,37-34-. The molecule has 0 aromatic carbocycles. The molecular weight excluding hydrogens is 817 g/mol. The van der Waals surface area contributed by atoms with E-state index in [0.29, 0.717) is 19.3 Å². The van der Waals surface area contributed by atoms with Crippen molar-refractivity contribution in [2.45, 2.75) is 213 Å². The molecule has 0 aliphatic carbocycles. The van der Waals surface area contributed by atoms with Gasteiger partial charge in [0.25, 0.3) is 0 Å². The van der Waals surface area contributed by atoms with Crippen LogP contribution in [0.2, 0.25) is 0 Å². The van der Waals surface area contributed by atoms with Crippen LogP contribution in [0.25, 0.3) is 0 Å². The number of allylic oxidation sites excluding steroid dienone is 22. The second-order valence-electron chi connectivity index (χ2n) is 16.7. The Kier molecular flexibility index (Phi) is 49.6. The number of carbonyl (C=O) groups excluding carboxylic acids is 3. The Morgan fingerprint density at radius 3 is 1.05 bits per heavy atom. The highest BCUT2D eigenvalue weighted by atomic mass is 16.6. The summed E-state index contributed by atoms with van der Waals surface area (Å²) in [7, 11) is 0. The Morgan fingerprint density at radius 1 is 0.318 bits per heavy atom. The average Bonchev–Trinajstić information content (AvgIpc) is 3.31. The van der Waals surface area contributed by atoms with Crippen LogP contribution in [0, 0.1) is 0 Å². The summed E-state index contributed by atoms with van der Waals surface area (Å²) >= 11 is 0. The number of rotatable bonds is 45. The van der Waals surface area contributed by atoms with E-state index in [0.717, 1.165) is 141 Å². The molecule has 0 aromatic rings. The maximum Gasteiger partial charge on any atom is 0.306 e. The second kappa shape index (κ2) is 53.2. The molecule has 0 saturated carbocycles. The van der Waals surface area contributed by atoms with Gasteiger partial charge in [-0.2, -0.15) is 0 Å². The smallest absolute Gasteiger partial charge is 0.306 e. The summed E-state index contributed by atoms with van der Waals surface area (Å²) < 4.78 is 16.8. The average molecular weight is 911 g/mol. The van der Waals surface area contributed by atoms with Crippen LogP contribution in [-0.4, -0.2) is 37.2 Å². The molecule has 0 aliphatic rings. The van der Waals surface area contributed by atoms with Gasteiger partial charge in [0.2, 0.25) is 0 Å². The molecule has 0 heterocycles. The van der Waals surface area contributed by atoms with Gasteiger partial charge in [0.1, 0.15) is 13.2 Å². The van der Waals surface area contributed by atoms with E-state index in [4.69, 9.17) is 14.2 Å². The molecule has 0 N–H and O–H groups in total. The zero-order valence-corrected chi connectivity index (χ0v) is 42.1. The third kappa shape index (κ3) is 50.5. The first-order valence-electron chi connectivity index (χ1n) is 26.2.